The zero-order valence-corrected chi connectivity index (χ0v) is 15.2. The van der Waals surface area contributed by atoms with Crippen LogP contribution in [0, 0.1) is 11.3 Å². The van der Waals surface area contributed by atoms with Crippen LogP contribution in [-0.4, -0.2) is 41.9 Å². The van der Waals surface area contributed by atoms with Crippen molar-refractivity contribution in [1.29, 1.82) is 5.26 Å². The Kier molecular flexibility index (Phi) is 6.00. The van der Waals surface area contributed by atoms with Gasteiger partial charge in [0.15, 0.2) is 0 Å². The van der Waals surface area contributed by atoms with Gasteiger partial charge in [0.05, 0.1) is 17.2 Å². The number of alkyl halides is 3. The van der Waals surface area contributed by atoms with Crippen molar-refractivity contribution < 1.29 is 18.0 Å². The average Bonchev–Trinajstić information content (AvgIpc) is 2.93. The van der Waals surface area contributed by atoms with E-state index in [0.29, 0.717) is 37.3 Å². The molecule has 1 fully saturated rings. The largest absolute Gasteiger partial charge is 0.416 e. The lowest BCUT2D eigenvalue weighted by Crippen LogP contribution is -2.35. The summed E-state index contributed by atoms with van der Waals surface area (Å²) in [6, 6.07) is 13.9. The molecule has 1 heterocycles. The molecule has 1 amide bonds. The molecule has 0 spiro atoms. The van der Waals surface area contributed by atoms with Crippen molar-refractivity contribution in [2.45, 2.75) is 19.1 Å². The van der Waals surface area contributed by atoms with Gasteiger partial charge in [-0.3, -0.25) is 9.69 Å². The lowest BCUT2D eigenvalue weighted by molar-refractivity contribution is -0.137. The molecule has 2 aromatic rings. The summed E-state index contributed by atoms with van der Waals surface area (Å²) in [5.41, 5.74) is 1.11. The van der Waals surface area contributed by atoms with E-state index in [2.05, 4.69) is 4.90 Å². The minimum absolute atomic E-state index is 0.103. The van der Waals surface area contributed by atoms with Gasteiger partial charge in [-0.15, -0.1) is 0 Å². The number of rotatable bonds is 3. The van der Waals surface area contributed by atoms with Crippen LogP contribution in [0.25, 0.3) is 0 Å². The van der Waals surface area contributed by atoms with Crippen LogP contribution in [-0.2, 0) is 12.7 Å². The van der Waals surface area contributed by atoms with Gasteiger partial charge in [-0.2, -0.15) is 18.4 Å². The number of nitriles is 1. The molecule has 0 aliphatic carbocycles. The van der Waals surface area contributed by atoms with Crippen molar-refractivity contribution in [3.05, 3.63) is 70.8 Å². The monoisotopic (exact) mass is 387 g/mol. The summed E-state index contributed by atoms with van der Waals surface area (Å²) in [4.78, 5) is 16.6. The lowest BCUT2D eigenvalue weighted by atomic mass is 10.1. The molecule has 1 aliphatic rings. The lowest BCUT2D eigenvalue weighted by Gasteiger charge is -2.22. The van der Waals surface area contributed by atoms with Gasteiger partial charge < -0.3 is 4.90 Å². The first-order valence-corrected chi connectivity index (χ1v) is 9.05. The van der Waals surface area contributed by atoms with E-state index in [0.717, 1.165) is 30.7 Å². The van der Waals surface area contributed by atoms with Gasteiger partial charge in [-0.1, -0.05) is 18.2 Å². The van der Waals surface area contributed by atoms with E-state index >= 15 is 0 Å². The van der Waals surface area contributed by atoms with Crippen molar-refractivity contribution in [2.24, 2.45) is 0 Å². The van der Waals surface area contributed by atoms with E-state index < -0.39 is 11.7 Å². The normalized spacial score (nSPS) is 15.7. The molecule has 0 saturated carbocycles. The fourth-order valence-corrected chi connectivity index (χ4v) is 3.29. The minimum Gasteiger partial charge on any atom is -0.337 e. The molecule has 4 nitrogen and oxygen atoms in total. The average molecular weight is 387 g/mol. The van der Waals surface area contributed by atoms with Crippen LogP contribution in [0.5, 0.6) is 0 Å². The van der Waals surface area contributed by atoms with Gasteiger partial charge in [-0.25, -0.2) is 0 Å². The summed E-state index contributed by atoms with van der Waals surface area (Å²) < 4.78 is 38.0. The van der Waals surface area contributed by atoms with E-state index in [1.807, 2.05) is 6.07 Å². The molecule has 1 aliphatic heterocycles. The molecule has 2 aromatic carbocycles. The van der Waals surface area contributed by atoms with Crippen molar-refractivity contribution in [1.82, 2.24) is 9.80 Å². The Morgan fingerprint density at radius 2 is 1.79 bits per heavy atom. The standard InChI is InChI=1S/C21H20F3N3O/c22-21(23,24)19-7-5-16(6-8-19)15-26-9-2-10-27(12-11-26)20(28)18-4-1-3-17(13-18)14-25/h1,3-8,13H,2,9-12,15H2. The maximum atomic E-state index is 12.7. The van der Waals surface area contributed by atoms with E-state index in [1.165, 1.54) is 12.1 Å². The van der Waals surface area contributed by atoms with Gasteiger partial charge in [0, 0.05) is 38.3 Å². The van der Waals surface area contributed by atoms with Gasteiger partial charge in [0.1, 0.15) is 0 Å². The molecule has 0 aromatic heterocycles. The Morgan fingerprint density at radius 3 is 2.46 bits per heavy atom. The number of halogens is 3. The summed E-state index contributed by atoms with van der Waals surface area (Å²) in [5.74, 6) is -0.103. The molecule has 3 rings (SSSR count). The van der Waals surface area contributed by atoms with Crippen LogP contribution in [0.15, 0.2) is 48.5 Å². The summed E-state index contributed by atoms with van der Waals surface area (Å²) in [6.07, 6.45) is -3.55. The Balaban J connectivity index is 1.60. The molecule has 0 bridgehead atoms. The number of hydrogen-bond donors (Lipinski definition) is 0. The van der Waals surface area contributed by atoms with E-state index in [-0.39, 0.29) is 5.91 Å². The number of carbonyl (C=O) groups excluding carboxylic acids is 1. The number of amides is 1. The fraction of sp³-hybridized carbons (Fsp3) is 0.333. The maximum absolute atomic E-state index is 12.7. The van der Waals surface area contributed by atoms with Crippen molar-refractivity contribution in [2.75, 3.05) is 26.2 Å². The first-order chi connectivity index (χ1) is 13.4. The van der Waals surface area contributed by atoms with E-state index in [9.17, 15) is 18.0 Å². The molecule has 7 heteroatoms. The first-order valence-electron chi connectivity index (χ1n) is 9.05. The Labute approximate surface area is 161 Å². The number of benzene rings is 2. The van der Waals surface area contributed by atoms with Crippen molar-refractivity contribution >= 4 is 5.91 Å². The second-order valence-corrected chi connectivity index (χ2v) is 6.81. The topological polar surface area (TPSA) is 47.3 Å². The highest BCUT2D eigenvalue weighted by Crippen LogP contribution is 2.29. The van der Waals surface area contributed by atoms with Crippen LogP contribution < -0.4 is 0 Å². The van der Waals surface area contributed by atoms with Crippen LogP contribution in [0.3, 0.4) is 0 Å². The van der Waals surface area contributed by atoms with E-state index in [4.69, 9.17) is 5.26 Å². The molecule has 0 radical (unpaired) electrons. The quantitative estimate of drug-likeness (QED) is 0.802. The van der Waals surface area contributed by atoms with Crippen LogP contribution in [0.2, 0.25) is 0 Å². The Morgan fingerprint density at radius 1 is 1.04 bits per heavy atom. The van der Waals surface area contributed by atoms with Gasteiger partial charge in [-0.05, 0) is 42.3 Å². The van der Waals surface area contributed by atoms with Gasteiger partial charge in [0.25, 0.3) is 5.91 Å². The summed E-state index contributed by atoms with van der Waals surface area (Å²) in [6.45, 7) is 3.10. The second kappa shape index (κ2) is 8.44. The third-order valence-electron chi connectivity index (χ3n) is 4.80. The second-order valence-electron chi connectivity index (χ2n) is 6.81. The molecular formula is C21H20F3N3O. The Hall–Kier alpha value is -2.85. The number of hydrogen-bond acceptors (Lipinski definition) is 3. The SMILES string of the molecule is N#Cc1cccc(C(=O)N2CCCN(Cc3ccc(C(F)(F)F)cc3)CC2)c1. The zero-order valence-electron chi connectivity index (χ0n) is 15.2. The van der Waals surface area contributed by atoms with Crippen LogP contribution >= 0.6 is 0 Å². The zero-order chi connectivity index (χ0) is 20.1. The molecule has 0 atom stereocenters. The number of nitrogens with zero attached hydrogens (tertiary/aromatic N) is 3. The first kappa shape index (κ1) is 19.9. The summed E-state index contributed by atoms with van der Waals surface area (Å²) in [5, 5.41) is 8.99. The molecule has 0 N–H and O–H groups in total. The highest BCUT2D eigenvalue weighted by molar-refractivity contribution is 5.94. The van der Waals surface area contributed by atoms with Crippen LogP contribution in [0.1, 0.15) is 33.5 Å². The Bertz CT molecular complexity index is 872. The third-order valence-corrected chi connectivity index (χ3v) is 4.80. The smallest absolute Gasteiger partial charge is 0.337 e. The molecule has 1 saturated heterocycles. The van der Waals surface area contributed by atoms with Gasteiger partial charge >= 0.3 is 6.18 Å². The highest BCUT2D eigenvalue weighted by atomic mass is 19.4. The summed E-state index contributed by atoms with van der Waals surface area (Å²) in [7, 11) is 0. The molecular weight excluding hydrogens is 367 g/mol. The number of carbonyl (C=O) groups is 1. The van der Waals surface area contributed by atoms with E-state index in [1.54, 1.807) is 29.2 Å². The van der Waals surface area contributed by atoms with Crippen molar-refractivity contribution in [3.8, 4) is 6.07 Å². The fourth-order valence-electron chi connectivity index (χ4n) is 3.29. The molecule has 0 unspecified atom stereocenters. The third kappa shape index (κ3) is 4.90. The molecule has 146 valence electrons. The van der Waals surface area contributed by atoms with Crippen molar-refractivity contribution in [3.63, 3.8) is 0 Å². The predicted octanol–water partition coefficient (Wildman–Crippen LogP) is 3.93. The van der Waals surface area contributed by atoms with Crippen LogP contribution in [0.4, 0.5) is 13.2 Å². The minimum atomic E-state index is -4.33. The maximum Gasteiger partial charge on any atom is 0.416 e. The summed E-state index contributed by atoms with van der Waals surface area (Å²) >= 11 is 0. The highest BCUT2D eigenvalue weighted by Gasteiger charge is 2.30. The predicted molar refractivity (Wildman–Crippen MR) is 98.4 cm³/mol. The van der Waals surface area contributed by atoms with Gasteiger partial charge in [0.2, 0.25) is 0 Å². The molecule has 28 heavy (non-hydrogen) atoms.